The quantitative estimate of drug-likeness (QED) is 0.145. The Labute approximate surface area is 288 Å². The van der Waals surface area contributed by atoms with Gasteiger partial charge in [0.05, 0.1) is 0 Å². The van der Waals surface area contributed by atoms with Gasteiger partial charge in [-0.15, -0.1) is 0 Å². The summed E-state index contributed by atoms with van der Waals surface area (Å²) in [6.07, 6.45) is 12.6. The van der Waals surface area contributed by atoms with Gasteiger partial charge in [-0.25, -0.2) is 0 Å². The number of hydrogen-bond donors (Lipinski definition) is 0. The molecule has 0 aromatic heterocycles. The van der Waals surface area contributed by atoms with Crippen LogP contribution >= 0.6 is 0 Å². The molecule has 3 aliphatic heterocycles. The fourth-order valence-corrected chi connectivity index (χ4v) is 27.8. The first-order chi connectivity index (χ1) is 22.9. The van der Waals surface area contributed by atoms with Crippen LogP contribution in [0, 0.1) is 0 Å². The Kier molecular flexibility index (Phi) is 11.1. The van der Waals surface area contributed by atoms with Crippen molar-refractivity contribution in [2.24, 2.45) is 0 Å². The van der Waals surface area contributed by atoms with Crippen LogP contribution in [0.4, 0.5) is 0 Å². The second-order valence-corrected chi connectivity index (χ2v) is 30.1. The molecule has 2 bridgehead atoms. The van der Waals surface area contributed by atoms with Crippen LogP contribution in [0.5, 0.6) is 0 Å². The van der Waals surface area contributed by atoms with E-state index in [4.69, 9.17) is 4.74 Å². The SMILES string of the molecule is CCC[CH2][Sn]([CH2]CCC)([CH2]CCC)[C]1=CC2(CCC3C(S(=O)(=O)c4ccccc4)CC2(c2ccccc2)N3Cc2ccccc2)OC1. The molecule has 4 nitrogen and oxygen atoms in total. The van der Waals surface area contributed by atoms with Crippen LogP contribution in [0.1, 0.15) is 89.7 Å². The molecule has 0 saturated carbocycles. The van der Waals surface area contributed by atoms with Gasteiger partial charge < -0.3 is 0 Å². The zero-order chi connectivity index (χ0) is 33.0. The molecule has 47 heavy (non-hydrogen) atoms. The van der Waals surface area contributed by atoms with Gasteiger partial charge in [0.15, 0.2) is 0 Å². The molecule has 3 aliphatic rings. The predicted octanol–water partition coefficient (Wildman–Crippen LogP) is 9.88. The molecule has 6 heteroatoms. The molecule has 6 rings (SSSR count). The second kappa shape index (κ2) is 14.9. The molecule has 1 spiro atoms. The topological polar surface area (TPSA) is 46.6 Å². The number of unbranched alkanes of at least 4 members (excludes halogenated alkanes) is 3. The van der Waals surface area contributed by atoms with E-state index in [1.807, 2.05) is 18.2 Å². The minimum absolute atomic E-state index is 0.0964. The molecule has 2 saturated heterocycles. The first-order valence-electron chi connectivity index (χ1n) is 18.4. The third-order valence-electron chi connectivity index (χ3n) is 11.8. The maximum absolute atomic E-state index is 14.7. The number of rotatable bonds is 15. The van der Waals surface area contributed by atoms with Crippen LogP contribution in [-0.4, -0.2) is 55.2 Å². The Morgan fingerprint density at radius 2 is 1.34 bits per heavy atom. The van der Waals surface area contributed by atoms with E-state index in [0.717, 1.165) is 19.4 Å². The van der Waals surface area contributed by atoms with Crippen molar-refractivity contribution in [3.8, 4) is 0 Å². The van der Waals surface area contributed by atoms with Crippen molar-refractivity contribution in [1.82, 2.24) is 4.90 Å². The molecule has 3 aromatic rings. The normalized spacial score (nSPS) is 26.1. The Hall–Kier alpha value is -1.93. The summed E-state index contributed by atoms with van der Waals surface area (Å²) in [5, 5.41) is -0.511. The molecule has 4 unspecified atom stereocenters. The summed E-state index contributed by atoms with van der Waals surface area (Å²) in [6.45, 7) is 8.47. The van der Waals surface area contributed by atoms with E-state index < -0.39 is 44.6 Å². The van der Waals surface area contributed by atoms with Crippen molar-refractivity contribution in [3.05, 3.63) is 112 Å². The van der Waals surface area contributed by atoms with Gasteiger partial charge in [-0.05, 0) is 0 Å². The standard InChI is InChI=1S/C29H28NO3S.3C4H9.Sn/c31-34(32,25-15-8-3-9-16-25)27-21-29(24-13-6-2-7-14-24)28(18-10-20-33-28)19-17-26(27)30(29)22-23-11-4-1-5-12-23;3*1-3-4-2;/h1-9,11-16,18,26-27H,17,19-22H2;3*1,3-4H2,2H3;. The van der Waals surface area contributed by atoms with Gasteiger partial charge >= 0.3 is 290 Å². The van der Waals surface area contributed by atoms with Gasteiger partial charge in [0.1, 0.15) is 0 Å². The molecule has 0 aliphatic carbocycles. The third-order valence-corrected chi connectivity index (χ3v) is 30.0. The van der Waals surface area contributed by atoms with Crippen LogP contribution in [0.3, 0.4) is 0 Å². The van der Waals surface area contributed by atoms with Crippen LogP contribution < -0.4 is 0 Å². The molecule has 3 aromatic carbocycles. The summed E-state index contributed by atoms with van der Waals surface area (Å²) in [7, 11) is -3.59. The first kappa shape index (κ1) is 34.9. The molecular weight excluding hydrogens is 705 g/mol. The fourth-order valence-electron chi connectivity index (χ4n) is 9.39. The molecule has 2 fully saturated rings. The van der Waals surface area contributed by atoms with E-state index in [1.165, 1.54) is 63.0 Å². The Morgan fingerprint density at radius 3 is 1.91 bits per heavy atom. The molecule has 4 atom stereocenters. The fraction of sp³-hybridized carbons (Fsp3) is 0.512. The van der Waals surface area contributed by atoms with E-state index in [0.29, 0.717) is 17.9 Å². The zero-order valence-electron chi connectivity index (χ0n) is 28.9. The Balaban J connectivity index is 1.54. The number of piperidine rings is 1. The molecule has 0 amide bonds. The average molecular weight is 761 g/mol. The Bertz CT molecular complexity index is 1570. The number of fused-ring (bicyclic) bond motifs is 3. The maximum atomic E-state index is 14.7. The third kappa shape index (κ3) is 6.44. The van der Waals surface area contributed by atoms with E-state index in [-0.39, 0.29) is 6.04 Å². The summed E-state index contributed by atoms with van der Waals surface area (Å²) in [4.78, 5) is 3.03. The van der Waals surface area contributed by atoms with Crippen molar-refractivity contribution in [2.75, 3.05) is 6.61 Å². The van der Waals surface area contributed by atoms with Crippen LogP contribution in [0.2, 0.25) is 13.3 Å². The average Bonchev–Trinajstić information content (AvgIpc) is 3.65. The Morgan fingerprint density at radius 1 is 0.787 bits per heavy atom. The van der Waals surface area contributed by atoms with E-state index >= 15 is 0 Å². The van der Waals surface area contributed by atoms with Gasteiger partial charge in [0.2, 0.25) is 0 Å². The van der Waals surface area contributed by atoms with Gasteiger partial charge in [0.25, 0.3) is 0 Å². The first-order valence-corrected chi connectivity index (χ1v) is 27.4. The summed E-state index contributed by atoms with van der Waals surface area (Å²) >= 11 is -2.79. The van der Waals surface area contributed by atoms with E-state index in [2.05, 4.69) is 92.4 Å². The van der Waals surface area contributed by atoms with Crippen molar-refractivity contribution in [3.63, 3.8) is 0 Å². The van der Waals surface area contributed by atoms with Crippen molar-refractivity contribution in [1.29, 1.82) is 0 Å². The molecule has 3 heterocycles. The molecule has 252 valence electrons. The van der Waals surface area contributed by atoms with Crippen LogP contribution in [0.15, 0.2) is 106 Å². The number of sulfone groups is 1. The second-order valence-electron chi connectivity index (χ2n) is 14.5. The van der Waals surface area contributed by atoms with Gasteiger partial charge in [-0.2, -0.15) is 0 Å². The molecule has 0 radical (unpaired) electrons. The summed E-state index contributed by atoms with van der Waals surface area (Å²) in [6, 6.07) is 30.6. The van der Waals surface area contributed by atoms with Gasteiger partial charge in [-0.1, -0.05) is 0 Å². The van der Waals surface area contributed by atoms with E-state index in [1.54, 1.807) is 15.7 Å². The number of benzene rings is 3. The number of ether oxygens (including phenoxy) is 1. The summed E-state index contributed by atoms with van der Waals surface area (Å²) in [5.74, 6) is 0. The molecular formula is C41H55NO3SSn. The molecule has 0 N–H and O–H groups in total. The van der Waals surface area contributed by atoms with Gasteiger partial charge in [0, 0.05) is 0 Å². The van der Waals surface area contributed by atoms with Crippen molar-refractivity contribution >= 4 is 28.2 Å². The van der Waals surface area contributed by atoms with E-state index in [9.17, 15) is 8.42 Å². The number of hydrogen-bond acceptors (Lipinski definition) is 4. The monoisotopic (exact) mass is 761 g/mol. The van der Waals surface area contributed by atoms with Crippen molar-refractivity contribution < 1.29 is 13.2 Å². The van der Waals surface area contributed by atoms with Crippen LogP contribution in [-0.2, 0) is 26.7 Å². The van der Waals surface area contributed by atoms with Crippen molar-refractivity contribution in [2.45, 2.75) is 126 Å². The minimum atomic E-state index is -3.59. The predicted molar refractivity (Wildman–Crippen MR) is 197 cm³/mol. The zero-order valence-corrected chi connectivity index (χ0v) is 32.5. The van der Waals surface area contributed by atoms with Crippen LogP contribution in [0.25, 0.3) is 0 Å². The summed E-state index contributed by atoms with van der Waals surface area (Å²) < 4.78 is 42.6. The van der Waals surface area contributed by atoms with Gasteiger partial charge in [-0.3, -0.25) is 0 Å². The summed E-state index contributed by atoms with van der Waals surface area (Å²) in [5.41, 5.74) is 1.28. The number of nitrogens with zero attached hydrogens (tertiary/aromatic N) is 1.